The van der Waals surface area contributed by atoms with Crippen LogP contribution in [0.4, 0.5) is 0 Å². The molecule has 3 heterocycles. The highest BCUT2D eigenvalue weighted by atomic mass is 32.2. The molecule has 8 heteroatoms. The van der Waals surface area contributed by atoms with E-state index >= 15 is 0 Å². The number of aromatic nitrogens is 3. The molecule has 3 rings (SSSR count). The number of carbonyl (C=O) groups is 1. The standard InChI is InChI=1S/C15H13N3O4S/c1-9-3-6-12-16-14(17-15(20)18(12)7-9)23-8-10-4-5-11(22-10)13(19)21-2/h3-7H,8H2,1-2H3. The Balaban J connectivity index is 1.79. The number of rotatable bonds is 4. The van der Waals surface area contributed by atoms with Crippen LogP contribution < -0.4 is 5.69 Å². The van der Waals surface area contributed by atoms with Crippen molar-refractivity contribution >= 4 is 23.4 Å². The molecule has 0 aromatic carbocycles. The van der Waals surface area contributed by atoms with E-state index in [2.05, 4.69) is 14.7 Å². The summed E-state index contributed by atoms with van der Waals surface area (Å²) in [5.74, 6) is 0.580. The highest BCUT2D eigenvalue weighted by Gasteiger charge is 2.12. The van der Waals surface area contributed by atoms with Gasteiger partial charge in [-0.2, -0.15) is 4.98 Å². The second kappa shape index (κ2) is 6.25. The number of hydrogen-bond donors (Lipinski definition) is 0. The maximum absolute atomic E-state index is 12.0. The van der Waals surface area contributed by atoms with Gasteiger partial charge in [-0.1, -0.05) is 17.8 Å². The van der Waals surface area contributed by atoms with Crippen molar-refractivity contribution < 1.29 is 13.9 Å². The second-order valence-electron chi connectivity index (χ2n) is 4.77. The largest absolute Gasteiger partial charge is 0.463 e. The van der Waals surface area contributed by atoms with Crippen LogP contribution in [0.1, 0.15) is 21.9 Å². The van der Waals surface area contributed by atoms with Crippen LogP contribution in [-0.2, 0) is 10.5 Å². The first-order valence-electron chi connectivity index (χ1n) is 6.74. The van der Waals surface area contributed by atoms with Crippen molar-refractivity contribution in [3.63, 3.8) is 0 Å². The Morgan fingerprint density at radius 3 is 2.91 bits per heavy atom. The van der Waals surface area contributed by atoms with Gasteiger partial charge in [-0.05, 0) is 30.7 Å². The monoisotopic (exact) mass is 331 g/mol. The highest BCUT2D eigenvalue weighted by Crippen LogP contribution is 2.20. The number of fused-ring (bicyclic) bond motifs is 1. The summed E-state index contributed by atoms with van der Waals surface area (Å²) >= 11 is 1.26. The fourth-order valence-corrected chi connectivity index (χ4v) is 2.70. The predicted molar refractivity (Wildman–Crippen MR) is 83.6 cm³/mol. The molecule has 0 spiro atoms. The lowest BCUT2D eigenvalue weighted by molar-refractivity contribution is 0.0563. The fraction of sp³-hybridized carbons (Fsp3) is 0.200. The summed E-state index contributed by atoms with van der Waals surface area (Å²) in [5, 5.41) is 0.356. The third-order valence-corrected chi connectivity index (χ3v) is 3.94. The number of pyridine rings is 1. The van der Waals surface area contributed by atoms with Crippen molar-refractivity contribution in [1.29, 1.82) is 0 Å². The average molecular weight is 331 g/mol. The molecule has 0 aliphatic rings. The average Bonchev–Trinajstić information content (AvgIpc) is 3.02. The molecule has 0 bridgehead atoms. The molecule has 23 heavy (non-hydrogen) atoms. The number of hydrogen-bond acceptors (Lipinski definition) is 7. The Kier molecular flexibility index (Phi) is 4.16. The second-order valence-corrected chi connectivity index (χ2v) is 5.71. The van der Waals surface area contributed by atoms with Crippen molar-refractivity contribution in [3.05, 3.63) is 58.0 Å². The van der Waals surface area contributed by atoms with E-state index in [1.807, 2.05) is 13.0 Å². The van der Waals surface area contributed by atoms with Crippen molar-refractivity contribution in [1.82, 2.24) is 14.4 Å². The van der Waals surface area contributed by atoms with Gasteiger partial charge >= 0.3 is 11.7 Å². The molecule has 0 amide bonds. The molecular formula is C15H13N3O4S. The first kappa shape index (κ1) is 15.3. The number of methoxy groups -OCH3 is 1. The number of furan rings is 1. The van der Waals surface area contributed by atoms with E-state index in [0.29, 0.717) is 22.3 Å². The van der Waals surface area contributed by atoms with Crippen molar-refractivity contribution in [2.24, 2.45) is 0 Å². The number of esters is 1. The predicted octanol–water partition coefficient (Wildman–Crippen LogP) is 2.07. The molecule has 0 saturated carbocycles. The zero-order valence-electron chi connectivity index (χ0n) is 12.5. The van der Waals surface area contributed by atoms with Gasteiger partial charge < -0.3 is 9.15 Å². The Morgan fingerprint density at radius 2 is 2.13 bits per heavy atom. The minimum atomic E-state index is -0.531. The van der Waals surface area contributed by atoms with E-state index in [1.165, 1.54) is 23.3 Å². The van der Waals surface area contributed by atoms with Gasteiger partial charge in [0.15, 0.2) is 5.16 Å². The van der Waals surface area contributed by atoms with Gasteiger partial charge in [0, 0.05) is 6.20 Å². The summed E-state index contributed by atoms with van der Waals surface area (Å²) in [4.78, 5) is 31.6. The smallest absolute Gasteiger partial charge is 0.373 e. The van der Waals surface area contributed by atoms with E-state index in [4.69, 9.17) is 4.42 Å². The maximum atomic E-state index is 12.0. The minimum Gasteiger partial charge on any atom is -0.463 e. The van der Waals surface area contributed by atoms with Crippen LogP contribution in [0.3, 0.4) is 0 Å². The SMILES string of the molecule is COC(=O)c1ccc(CSc2nc(=O)n3cc(C)ccc3n2)o1. The molecule has 0 N–H and O–H groups in total. The van der Waals surface area contributed by atoms with E-state index < -0.39 is 5.97 Å². The molecular weight excluding hydrogens is 318 g/mol. The summed E-state index contributed by atoms with van der Waals surface area (Å²) in [7, 11) is 1.29. The Labute approximate surface area is 135 Å². The fourth-order valence-electron chi connectivity index (χ4n) is 1.97. The summed E-state index contributed by atoms with van der Waals surface area (Å²) in [5.41, 5.74) is 1.11. The van der Waals surface area contributed by atoms with E-state index in [1.54, 1.807) is 24.4 Å². The lowest BCUT2D eigenvalue weighted by atomic mass is 10.3. The normalized spacial score (nSPS) is 10.9. The maximum Gasteiger partial charge on any atom is 0.373 e. The first-order chi connectivity index (χ1) is 11.1. The first-order valence-corrected chi connectivity index (χ1v) is 7.72. The van der Waals surface area contributed by atoms with Gasteiger partial charge in [-0.15, -0.1) is 0 Å². The van der Waals surface area contributed by atoms with Crippen LogP contribution in [0, 0.1) is 6.92 Å². The topological polar surface area (TPSA) is 86.7 Å². The summed E-state index contributed by atoms with van der Waals surface area (Å²) in [6, 6.07) is 6.87. The quantitative estimate of drug-likeness (QED) is 0.534. The summed E-state index contributed by atoms with van der Waals surface area (Å²) in [6.45, 7) is 1.89. The molecule has 3 aromatic heterocycles. The van der Waals surface area contributed by atoms with Gasteiger partial charge in [-0.3, -0.25) is 4.40 Å². The number of thioether (sulfide) groups is 1. The van der Waals surface area contributed by atoms with E-state index in [0.717, 1.165) is 5.56 Å². The van der Waals surface area contributed by atoms with Crippen LogP contribution in [0.5, 0.6) is 0 Å². The molecule has 0 saturated heterocycles. The highest BCUT2D eigenvalue weighted by molar-refractivity contribution is 7.98. The van der Waals surface area contributed by atoms with Crippen LogP contribution in [0.2, 0.25) is 0 Å². The zero-order chi connectivity index (χ0) is 16.4. The van der Waals surface area contributed by atoms with E-state index in [9.17, 15) is 9.59 Å². The molecule has 0 unspecified atom stereocenters. The molecule has 0 atom stereocenters. The molecule has 118 valence electrons. The van der Waals surface area contributed by atoms with Gasteiger partial charge in [-0.25, -0.2) is 14.6 Å². The Bertz CT molecular complexity index is 932. The van der Waals surface area contributed by atoms with E-state index in [-0.39, 0.29) is 11.4 Å². The molecule has 0 radical (unpaired) electrons. The molecule has 3 aromatic rings. The Morgan fingerprint density at radius 1 is 1.30 bits per heavy atom. The summed E-state index contributed by atoms with van der Waals surface area (Å²) in [6.07, 6.45) is 1.70. The molecule has 7 nitrogen and oxygen atoms in total. The lowest BCUT2D eigenvalue weighted by Gasteiger charge is -2.03. The van der Waals surface area contributed by atoms with Gasteiger partial charge in [0.25, 0.3) is 0 Å². The molecule has 0 aliphatic carbocycles. The van der Waals surface area contributed by atoms with Gasteiger partial charge in [0.1, 0.15) is 11.4 Å². The number of nitrogens with zero attached hydrogens (tertiary/aromatic N) is 3. The van der Waals surface area contributed by atoms with Crippen molar-refractivity contribution in [3.8, 4) is 0 Å². The van der Waals surface area contributed by atoms with Gasteiger partial charge in [0.2, 0.25) is 5.76 Å². The van der Waals surface area contributed by atoms with Gasteiger partial charge in [0.05, 0.1) is 12.9 Å². The molecule has 0 aliphatic heterocycles. The van der Waals surface area contributed by atoms with Crippen LogP contribution in [0.15, 0.2) is 44.8 Å². The van der Waals surface area contributed by atoms with Crippen LogP contribution in [-0.4, -0.2) is 27.4 Å². The number of carbonyl (C=O) groups excluding carboxylic acids is 1. The minimum absolute atomic E-state index is 0.137. The molecule has 0 fully saturated rings. The van der Waals surface area contributed by atoms with Crippen molar-refractivity contribution in [2.45, 2.75) is 17.8 Å². The van der Waals surface area contributed by atoms with Crippen LogP contribution >= 0.6 is 11.8 Å². The number of ether oxygens (including phenoxy) is 1. The zero-order valence-corrected chi connectivity index (χ0v) is 13.3. The lowest BCUT2D eigenvalue weighted by Crippen LogP contribution is -2.19. The summed E-state index contributed by atoms with van der Waals surface area (Å²) < 4.78 is 11.3. The van der Waals surface area contributed by atoms with Crippen LogP contribution in [0.25, 0.3) is 5.65 Å². The third kappa shape index (κ3) is 3.26. The Hall–Kier alpha value is -2.61. The number of aryl methyl sites for hydroxylation is 1. The third-order valence-electron chi connectivity index (χ3n) is 3.07. The van der Waals surface area contributed by atoms with Crippen molar-refractivity contribution in [2.75, 3.05) is 7.11 Å².